The van der Waals surface area contributed by atoms with E-state index in [-0.39, 0.29) is 0 Å². The van der Waals surface area contributed by atoms with Gasteiger partial charge in [0.05, 0.1) is 17.4 Å². The van der Waals surface area contributed by atoms with Crippen molar-refractivity contribution in [3.8, 4) is 5.69 Å². The summed E-state index contributed by atoms with van der Waals surface area (Å²) in [6.45, 7) is 1.88. The zero-order chi connectivity index (χ0) is 18.1. The van der Waals surface area contributed by atoms with E-state index in [1.54, 1.807) is 29.4 Å². The summed E-state index contributed by atoms with van der Waals surface area (Å²) in [6.07, 6.45) is 6.38. The Kier molecular flexibility index (Phi) is 3.69. The molecule has 130 valence electrons. The third kappa shape index (κ3) is 2.41. The number of aryl methyl sites for hydroxylation is 1. The van der Waals surface area contributed by atoms with E-state index in [1.807, 2.05) is 49.4 Å². The molecule has 2 aromatic heterocycles. The Bertz CT molecular complexity index is 996. The van der Waals surface area contributed by atoms with Crippen molar-refractivity contribution in [2.75, 3.05) is 10.6 Å². The molecule has 7 heteroatoms. The normalized spacial score (nSPS) is 18.0. The minimum atomic E-state index is -1.47. The molecular weight excluding hydrogens is 330 g/mol. The van der Waals surface area contributed by atoms with Gasteiger partial charge in [-0.1, -0.05) is 24.3 Å². The van der Waals surface area contributed by atoms with Gasteiger partial charge in [-0.15, -0.1) is 0 Å². The molecule has 26 heavy (non-hydrogen) atoms. The first-order valence-electron chi connectivity index (χ1n) is 8.13. The molecule has 1 atom stereocenters. The van der Waals surface area contributed by atoms with Crippen molar-refractivity contribution in [2.45, 2.75) is 12.5 Å². The molecule has 0 radical (unpaired) electrons. The summed E-state index contributed by atoms with van der Waals surface area (Å²) < 4.78 is 1.68. The summed E-state index contributed by atoms with van der Waals surface area (Å²) in [4.78, 5) is 16.6. The second kappa shape index (κ2) is 6.03. The van der Waals surface area contributed by atoms with Crippen LogP contribution in [0, 0.1) is 6.92 Å². The standard InChI is InChI=1S/C19H17N5O2/c1-13-6-5-10-20-16(13)23-19(18(25)26)9-11-21-17-15(19)12-22-24(17)14-7-3-2-4-8-14/h2-12,21H,1H3,(H,20,23)(H,25,26). The quantitative estimate of drug-likeness (QED) is 0.672. The number of aromatic nitrogens is 3. The zero-order valence-corrected chi connectivity index (χ0v) is 14.0. The second-order valence-corrected chi connectivity index (χ2v) is 6.04. The van der Waals surface area contributed by atoms with Crippen LogP contribution in [-0.2, 0) is 10.3 Å². The van der Waals surface area contributed by atoms with Gasteiger partial charge < -0.3 is 15.7 Å². The van der Waals surface area contributed by atoms with E-state index in [4.69, 9.17) is 0 Å². The van der Waals surface area contributed by atoms with Crippen LogP contribution >= 0.6 is 0 Å². The summed E-state index contributed by atoms with van der Waals surface area (Å²) in [5, 5.41) is 20.7. The summed E-state index contributed by atoms with van der Waals surface area (Å²) in [5.74, 6) is 0.0798. The number of carboxylic acid groups (broad SMARTS) is 1. The molecular formula is C19H17N5O2. The van der Waals surface area contributed by atoms with E-state index >= 15 is 0 Å². The maximum Gasteiger partial charge on any atom is 0.338 e. The van der Waals surface area contributed by atoms with Crippen LogP contribution in [0.5, 0.6) is 0 Å². The Morgan fingerprint density at radius 3 is 2.77 bits per heavy atom. The number of hydrogen-bond acceptors (Lipinski definition) is 5. The fourth-order valence-corrected chi connectivity index (χ4v) is 3.03. The fourth-order valence-electron chi connectivity index (χ4n) is 3.03. The lowest BCUT2D eigenvalue weighted by Crippen LogP contribution is -2.44. The van der Waals surface area contributed by atoms with E-state index < -0.39 is 11.5 Å². The van der Waals surface area contributed by atoms with Crippen molar-refractivity contribution < 1.29 is 9.90 Å². The van der Waals surface area contributed by atoms with Crippen LogP contribution in [0.4, 0.5) is 11.6 Å². The van der Waals surface area contributed by atoms with Gasteiger partial charge in [-0.25, -0.2) is 14.5 Å². The van der Waals surface area contributed by atoms with Crippen molar-refractivity contribution in [1.82, 2.24) is 14.8 Å². The highest BCUT2D eigenvalue weighted by atomic mass is 16.4. The van der Waals surface area contributed by atoms with Crippen molar-refractivity contribution >= 4 is 17.6 Å². The lowest BCUT2D eigenvalue weighted by atomic mass is 9.89. The van der Waals surface area contributed by atoms with Crippen LogP contribution in [0.2, 0.25) is 0 Å². The average Bonchev–Trinajstić information content (AvgIpc) is 3.09. The van der Waals surface area contributed by atoms with Gasteiger partial charge in [0.15, 0.2) is 5.54 Å². The molecule has 0 amide bonds. The summed E-state index contributed by atoms with van der Waals surface area (Å²) in [7, 11) is 0. The molecule has 3 N–H and O–H groups in total. The summed E-state index contributed by atoms with van der Waals surface area (Å²) in [5.41, 5.74) is 0.746. The molecule has 0 bridgehead atoms. The van der Waals surface area contributed by atoms with Crippen LogP contribution in [0.3, 0.4) is 0 Å². The third-order valence-corrected chi connectivity index (χ3v) is 4.41. The topological polar surface area (TPSA) is 92.1 Å². The van der Waals surface area contributed by atoms with Crippen LogP contribution in [0.15, 0.2) is 67.1 Å². The highest BCUT2D eigenvalue weighted by Gasteiger charge is 2.44. The number of hydrogen-bond donors (Lipinski definition) is 3. The van der Waals surface area contributed by atoms with Crippen molar-refractivity contribution in [2.24, 2.45) is 0 Å². The predicted octanol–water partition coefficient (Wildman–Crippen LogP) is 2.91. The number of anilines is 2. The van der Waals surface area contributed by atoms with E-state index in [9.17, 15) is 9.90 Å². The molecule has 4 rings (SSSR count). The number of carboxylic acids is 1. The summed E-state index contributed by atoms with van der Waals surface area (Å²) >= 11 is 0. The maximum atomic E-state index is 12.3. The first-order valence-corrected chi connectivity index (χ1v) is 8.13. The first-order chi connectivity index (χ1) is 12.6. The number of rotatable bonds is 4. The molecule has 7 nitrogen and oxygen atoms in total. The minimum absolute atomic E-state index is 0.514. The van der Waals surface area contributed by atoms with Gasteiger partial charge >= 0.3 is 5.97 Å². The molecule has 1 unspecified atom stereocenters. The fraction of sp³-hybridized carbons (Fsp3) is 0.105. The molecule has 3 aromatic rings. The Morgan fingerprint density at radius 1 is 1.23 bits per heavy atom. The SMILES string of the molecule is Cc1cccnc1NC1(C(=O)O)C=CNc2c1cnn2-c1ccccc1. The van der Waals surface area contributed by atoms with Crippen molar-refractivity contribution in [3.05, 3.63) is 78.3 Å². The van der Waals surface area contributed by atoms with Gasteiger partial charge in [0, 0.05) is 12.4 Å². The second-order valence-electron chi connectivity index (χ2n) is 6.04. The molecule has 1 aliphatic heterocycles. The highest BCUT2D eigenvalue weighted by molar-refractivity contribution is 5.90. The van der Waals surface area contributed by atoms with Gasteiger partial charge in [0.2, 0.25) is 0 Å². The van der Waals surface area contributed by atoms with Gasteiger partial charge in [-0.3, -0.25) is 0 Å². The number of benzene rings is 1. The number of nitrogens with one attached hydrogen (secondary N) is 2. The van der Waals surface area contributed by atoms with Crippen LogP contribution in [0.1, 0.15) is 11.1 Å². The van der Waals surface area contributed by atoms with Gasteiger partial charge in [-0.2, -0.15) is 5.10 Å². The molecule has 1 aromatic carbocycles. The largest absolute Gasteiger partial charge is 0.479 e. The molecule has 0 saturated heterocycles. The average molecular weight is 347 g/mol. The number of carbonyl (C=O) groups is 1. The van der Waals surface area contributed by atoms with Gasteiger partial charge in [-0.05, 0) is 36.8 Å². The van der Waals surface area contributed by atoms with Crippen LogP contribution < -0.4 is 10.6 Å². The molecule has 3 heterocycles. The number of pyridine rings is 1. The minimum Gasteiger partial charge on any atom is -0.479 e. The number of fused-ring (bicyclic) bond motifs is 1. The maximum absolute atomic E-state index is 12.3. The Hall–Kier alpha value is -3.61. The zero-order valence-electron chi connectivity index (χ0n) is 14.0. The Balaban J connectivity index is 1.85. The van der Waals surface area contributed by atoms with Crippen LogP contribution in [0.25, 0.3) is 5.69 Å². The van der Waals surface area contributed by atoms with Gasteiger partial charge in [0.1, 0.15) is 11.6 Å². The number of para-hydroxylation sites is 1. The Morgan fingerprint density at radius 2 is 2.04 bits per heavy atom. The van der Waals surface area contributed by atoms with Crippen LogP contribution in [-0.4, -0.2) is 25.8 Å². The predicted molar refractivity (Wildman–Crippen MR) is 98.2 cm³/mol. The smallest absolute Gasteiger partial charge is 0.338 e. The molecule has 0 aliphatic carbocycles. The van der Waals surface area contributed by atoms with E-state index in [2.05, 4.69) is 20.7 Å². The molecule has 0 saturated carbocycles. The van der Waals surface area contributed by atoms with Crippen molar-refractivity contribution in [3.63, 3.8) is 0 Å². The monoisotopic (exact) mass is 347 g/mol. The van der Waals surface area contributed by atoms with E-state index in [0.29, 0.717) is 17.2 Å². The molecule has 0 spiro atoms. The third-order valence-electron chi connectivity index (χ3n) is 4.41. The van der Waals surface area contributed by atoms with E-state index in [0.717, 1.165) is 11.3 Å². The number of nitrogens with zero attached hydrogens (tertiary/aromatic N) is 3. The van der Waals surface area contributed by atoms with Gasteiger partial charge in [0.25, 0.3) is 0 Å². The number of aliphatic carboxylic acids is 1. The molecule has 0 fully saturated rings. The summed E-state index contributed by atoms with van der Waals surface area (Å²) in [6, 6.07) is 13.2. The molecule has 1 aliphatic rings. The van der Waals surface area contributed by atoms with E-state index in [1.165, 1.54) is 0 Å². The highest BCUT2D eigenvalue weighted by Crippen LogP contribution is 2.37. The Labute approximate surface area is 150 Å². The lowest BCUT2D eigenvalue weighted by molar-refractivity contribution is -0.140. The first kappa shape index (κ1) is 15.9. The lowest BCUT2D eigenvalue weighted by Gasteiger charge is -2.31. The van der Waals surface area contributed by atoms with Crippen molar-refractivity contribution in [1.29, 1.82) is 0 Å².